The summed E-state index contributed by atoms with van der Waals surface area (Å²) in [5.74, 6) is -0.344. The Morgan fingerprint density at radius 3 is 2.58 bits per heavy atom. The van der Waals surface area contributed by atoms with Crippen LogP contribution in [-0.2, 0) is 9.53 Å². The lowest BCUT2D eigenvalue weighted by atomic mass is 10.1. The van der Waals surface area contributed by atoms with E-state index < -0.39 is 18.8 Å². The van der Waals surface area contributed by atoms with E-state index in [0.717, 1.165) is 4.90 Å². The standard InChI is InChI=1S/C11H19F3N2O3/c1-16(6-9(17)11(12,13)14)7-10(18)15-8-2-4-19-5-3-8/h8-9,17H,2-7H2,1H3,(H,15,18). The average Bonchev–Trinajstić information content (AvgIpc) is 2.28. The Labute approximate surface area is 109 Å². The zero-order chi connectivity index (χ0) is 14.5. The van der Waals surface area contributed by atoms with Crippen LogP contribution < -0.4 is 5.32 Å². The summed E-state index contributed by atoms with van der Waals surface area (Å²) in [6.07, 6.45) is -5.68. The number of alkyl halides is 3. The molecule has 0 spiro atoms. The summed E-state index contributed by atoms with van der Waals surface area (Å²) >= 11 is 0. The van der Waals surface area contributed by atoms with Crippen LogP contribution in [0.2, 0.25) is 0 Å². The number of carbonyl (C=O) groups is 1. The summed E-state index contributed by atoms with van der Waals surface area (Å²) < 4.78 is 41.5. The van der Waals surface area contributed by atoms with E-state index in [9.17, 15) is 18.0 Å². The first kappa shape index (κ1) is 16.2. The van der Waals surface area contributed by atoms with Crippen LogP contribution in [0.3, 0.4) is 0 Å². The van der Waals surface area contributed by atoms with Crippen LogP contribution in [0.5, 0.6) is 0 Å². The van der Waals surface area contributed by atoms with Crippen molar-refractivity contribution < 1.29 is 27.8 Å². The zero-order valence-corrected chi connectivity index (χ0v) is 10.7. The van der Waals surface area contributed by atoms with Crippen molar-refractivity contribution >= 4 is 5.91 Å². The van der Waals surface area contributed by atoms with Crippen LogP contribution in [0.4, 0.5) is 13.2 Å². The maximum atomic E-state index is 12.1. The number of hydrogen-bond acceptors (Lipinski definition) is 4. The lowest BCUT2D eigenvalue weighted by molar-refractivity contribution is -0.207. The molecule has 1 rings (SSSR count). The highest BCUT2D eigenvalue weighted by Gasteiger charge is 2.38. The number of rotatable bonds is 5. The van der Waals surface area contributed by atoms with Crippen molar-refractivity contribution in [2.24, 2.45) is 0 Å². The van der Waals surface area contributed by atoms with Crippen LogP contribution in [0.15, 0.2) is 0 Å². The van der Waals surface area contributed by atoms with Crippen molar-refractivity contribution in [1.29, 1.82) is 0 Å². The van der Waals surface area contributed by atoms with E-state index in [1.807, 2.05) is 0 Å². The van der Waals surface area contributed by atoms with Gasteiger partial charge < -0.3 is 15.2 Å². The first-order valence-electron chi connectivity index (χ1n) is 6.09. The van der Waals surface area contributed by atoms with Crippen LogP contribution in [0, 0.1) is 0 Å². The molecule has 1 fully saturated rings. The van der Waals surface area contributed by atoms with E-state index in [0.29, 0.717) is 26.1 Å². The second-order valence-corrected chi connectivity index (χ2v) is 4.71. The molecule has 1 heterocycles. The molecule has 1 aliphatic heterocycles. The number of carbonyl (C=O) groups excluding carboxylic acids is 1. The van der Waals surface area contributed by atoms with Gasteiger partial charge in [0.2, 0.25) is 5.91 Å². The molecule has 0 aromatic heterocycles. The molecule has 1 aliphatic rings. The van der Waals surface area contributed by atoms with Crippen molar-refractivity contribution in [2.45, 2.75) is 31.2 Å². The molecule has 2 N–H and O–H groups in total. The lowest BCUT2D eigenvalue weighted by Crippen LogP contribution is -2.46. The highest BCUT2D eigenvalue weighted by molar-refractivity contribution is 5.78. The second-order valence-electron chi connectivity index (χ2n) is 4.71. The molecular formula is C11H19F3N2O3. The molecule has 8 heteroatoms. The molecule has 19 heavy (non-hydrogen) atoms. The monoisotopic (exact) mass is 284 g/mol. The fraction of sp³-hybridized carbons (Fsp3) is 0.909. The minimum Gasteiger partial charge on any atom is -0.382 e. The number of hydrogen-bond donors (Lipinski definition) is 2. The SMILES string of the molecule is CN(CC(=O)NC1CCOCC1)CC(O)C(F)(F)F. The van der Waals surface area contributed by atoms with Gasteiger partial charge in [0, 0.05) is 25.8 Å². The van der Waals surface area contributed by atoms with Crippen LogP contribution in [-0.4, -0.2) is 67.6 Å². The Hall–Kier alpha value is -0.860. The summed E-state index contributed by atoms with van der Waals surface area (Å²) in [5.41, 5.74) is 0. The minimum absolute atomic E-state index is 0.0159. The van der Waals surface area contributed by atoms with Crippen molar-refractivity contribution in [3.63, 3.8) is 0 Å². The molecule has 1 unspecified atom stereocenters. The zero-order valence-electron chi connectivity index (χ0n) is 10.7. The number of nitrogens with one attached hydrogen (secondary N) is 1. The minimum atomic E-state index is -4.66. The molecule has 0 aliphatic carbocycles. The number of likely N-dealkylation sites (N-methyl/N-ethyl adjacent to an activating group) is 1. The molecule has 0 aromatic rings. The summed E-state index contributed by atoms with van der Waals surface area (Å²) in [6, 6.07) is 0.0159. The van der Waals surface area contributed by atoms with Gasteiger partial charge in [0.1, 0.15) is 0 Å². The molecule has 5 nitrogen and oxygen atoms in total. The molecule has 1 atom stereocenters. The van der Waals surface area contributed by atoms with E-state index >= 15 is 0 Å². The van der Waals surface area contributed by atoms with Gasteiger partial charge in [-0.15, -0.1) is 0 Å². The highest BCUT2D eigenvalue weighted by atomic mass is 19.4. The molecule has 0 bridgehead atoms. The quantitative estimate of drug-likeness (QED) is 0.754. The maximum absolute atomic E-state index is 12.1. The largest absolute Gasteiger partial charge is 0.415 e. The maximum Gasteiger partial charge on any atom is 0.415 e. The van der Waals surface area contributed by atoms with Crippen molar-refractivity contribution in [3.05, 3.63) is 0 Å². The first-order chi connectivity index (χ1) is 8.79. The van der Waals surface area contributed by atoms with Crippen molar-refractivity contribution in [1.82, 2.24) is 10.2 Å². The molecule has 0 radical (unpaired) electrons. The third kappa shape index (κ3) is 6.22. The van der Waals surface area contributed by atoms with Crippen LogP contribution >= 0.6 is 0 Å². The Balaban J connectivity index is 2.27. The average molecular weight is 284 g/mol. The molecule has 0 aromatic carbocycles. The summed E-state index contributed by atoms with van der Waals surface area (Å²) in [7, 11) is 1.36. The Bertz CT molecular complexity index is 293. The van der Waals surface area contributed by atoms with Gasteiger partial charge in [-0.1, -0.05) is 0 Å². The van der Waals surface area contributed by atoms with Gasteiger partial charge in [-0.05, 0) is 19.9 Å². The van der Waals surface area contributed by atoms with Gasteiger partial charge in [0.05, 0.1) is 6.54 Å². The summed E-state index contributed by atoms with van der Waals surface area (Å²) in [6.45, 7) is 0.357. The number of amides is 1. The number of aliphatic hydroxyl groups is 1. The van der Waals surface area contributed by atoms with Gasteiger partial charge in [-0.25, -0.2) is 0 Å². The van der Waals surface area contributed by atoms with E-state index in [1.165, 1.54) is 7.05 Å². The molecule has 1 saturated heterocycles. The molecular weight excluding hydrogens is 265 g/mol. The normalized spacial score (nSPS) is 19.5. The Kier molecular flexibility index (Phi) is 6.02. The molecule has 0 saturated carbocycles. The molecule has 1 amide bonds. The van der Waals surface area contributed by atoms with Gasteiger partial charge >= 0.3 is 6.18 Å². The van der Waals surface area contributed by atoms with Gasteiger partial charge in [-0.3, -0.25) is 9.69 Å². The number of halogens is 3. The predicted octanol–water partition coefficient (Wildman–Crippen LogP) is 0.137. The van der Waals surface area contributed by atoms with Crippen molar-refractivity contribution in [3.8, 4) is 0 Å². The van der Waals surface area contributed by atoms with E-state index in [4.69, 9.17) is 9.84 Å². The fourth-order valence-corrected chi connectivity index (χ4v) is 1.82. The van der Waals surface area contributed by atoms with E-state index in [-0.39, 0.29) is 18.5 Å². The summed E-state index contributed by atoms with van der Waals surface area (Å²) in [4.78, 5) is 12.7. The van der Waals surface area contributed by atoms with Crippen LogP contribution in [0.1, 0.15) is 12.8 Å². The highest BCUT2D eigenvalue weighted by Crippen LogP contribution is 2.20. The number of nitrogens with zero attached hydrogens (tertiary/aromatic N) is 1. The fourth-order valence-electron chi connectivity index (χ4n) is 1.82. The third-order valence-electron chi connectivity index (χ3n) is 2.86. The lowest BCUT2D eigenvalue weighted by Gasteiger charge is -2.25. The molecule has 112 valence electrons. The first-order valence-corrected chi connectivity index (χ1v) is 6.09. The van der Waals surface area contributed by atoms with E-state index in [2.05, 4.69) is 5.32 Å². The van der Waals surface area contributed by atoms with Crippen LogP contribution in [0.25, 0.3) is 0 Å². The summed E-state index contributed by atoms with van der Waals surface area (Å²) in [5, 5.41) is 11.6. The van der Waals surface area contributed by atoms with Gasteiger partial charge in [0.15, 0.2) is 6.10 Å². The second kappa shape index (κ2) is 7.06. The van der Waals surface area contributed by atoms with Gasteiger partial charge in [0.25, 0.3) is 0 Å². The Morgan fingerprint density at radius 1 is 1.47 bits per heavy atom. The Morgan fingerprint density at radius 2 is 2.05 bits per heavy atom. The number of aliphatic hydroxyl groups excluding tert-OH is 1. The topological polar surface area (TPSA) is 61.8 Å². The predicted molar refractivity (Wildman–Crippen MR) is 61.5 cm³/mol. The number of ether oxygens (including phenoxy) is 1. The van der Waals surface area contributed by atoms with Gasteiger partial charge in [-0.2, -0.15) is 13.2 Å². The third-order valence-corrected chi connectivity index (χ3v) is 2.86. The van der Waals surface area contributed by atoms with E-state index in [1.54, 1.807) is 0 Å². The smallest absolute Gasteiger partial charge is 0.382 e. The van der Waals surface area contributed by atoms with Crippen molar-refractivity contribution in [2.75, 3.05) is 33.4 Å².